The number of anilines is 2. The highest BCUT2D eigenvalue weighted by molar-refractivity contribution is 6.33. The molecule has 0 spiro atoms. The number of nitrogens with one attached hydrogen (secondary N) is 2. The van der Waals surface area contributed by atoms with Crippen LogP contribution in [0.2, 0.25) is 5.02 Å². The van der Waals surface area contributed by atoms with Gasteiger partial charge in [-0.3, -0.25) is 9.59 Å². The van der Waals surface area contributed by atoms with E-state index in [1.54, 1.807) is 6.07 Å². The average Bonchev–Trinajstić information content (AvgIpc) is 2.72. The fourth-order valence-electron chi connectivity index (χ4n) is 2.86. The van der Waals surface area contributed by atoms with Crippen LogP contribution in [0.1, 0.15) is 22.0 Å². The van der Waals surface area contributed by atoms with Gasteiger partial charge in [-0.1, -0.05) is 17.7 Å². The molecule has 1 heterocycles. The zero-order valence-corrected chi connectivity index (χ0v) is 16.9. The van der Waals surface area contributed by atoms with Crippen LogP contribution in [-0.4, -0.2) is 29.0 Å². The molecule has 31 heavy (non-hydrogen) atoms. The van der Waals surface area contributed by atoms with Gasteiger partial charge in [0.05, 0.1) is 10.6 Å². The largest absolute Gasteiger partial charge is 0.383 e. The standard InChI is InChI=1S/C21H17ClF2N4O3/c1-26-20(30)16-6-11(9-27-19(16)25)15-3-2-14(8-17(15)22)28-21(31)18(29)10-4-12(23)7-13(24)5-10/h2-9,18,29H,1H3,(H2,25,27)(H,26,30)(H,28,31). The van der Waals surface area contributed by atoms with Crippen LogP contribution < -0.4 is 16.4 Å². The Kier molecular flexibility index (Phi) is 6.47. The van der Waals surface area contributed by atoms with E-state index in [9.17, 15) is 23.5 Å². The third-order valence-corrected chi connectivity index (χ3v) is 4.70. The Labute approximate surface area is 180 Å². The molecule has 0 radical (unpaired) electrons. The van der Waals surface area contributed by atoms with E-state index in [-0.39, 0.29) is 27.7 Å². The summed E-state index contributed by atoms with van der Waals surface area (Å²) in [5, 5.41) is 15.2. The number of nitrogens with two attached hydrogens (primary N) is 1. The minimum atomic E-state index is -1.79. The van der Waals surface area contributed by atoms with E-state index in [0.717, 1.165) is 12.1 Å². The molecule has 3 aromatic rings. The molecule has 0 aliphatic carbocycles. The number of hydrogen-bond acceptors (Lipinski definition) is 5. The number of nitrogens with zero attached hydrogens (tertiary/aromatic N) is 1. The van der Waals surface area contributed by atoms with Crippen molar-refractivity contribution in [2.24, 2.45) is 0 Å². The molecular weight excluding hydrogens is 430 g/mol. The molecule has 1 atom stereocenters. The summed E-state index contributed by atoms with van der Waals surface area (Å²) in [5.41, 5.74) is 6.96. The van der Waals surface area contributed by atoms with Crippen LogP contribution in [0.25, 0.3) is 11.1 Å². The lowest BCUT2D eigenvalue weighted by molar-refractivity contribution is -0.124. The predicted octanol–water partition coefficient (Wildman–Crippen LogP) is 3.29. The van der Waals surface area contributed by atoms with Crippen molar-refractivity contribution in [2.75, 3.05) is 18.1 Å². The van der Waals surface area contributed by atoms with Gasteiger partial charge in [-0.25, -0.2) is 13.8 Å². The number of nitrogen functional groups attached to an aromatic ring is 1. The molecule has 0 saturated heterocycles. The van der Waals surface area contributed by atoms with Crippen LogP contribution in [0.15, 0.2) is 48.7 Å². The van der Waals surface area contributed by atoms with Gasteiger partial charge in [0.25, 0.3) is 11.8 Å². The summed E-state index contributed by atoms with van der Waals surface area (Å²) in [5.74, 6) is -3.07. The lowest BCUT2D eigenvalue weighted by Gasteiger charge is -2.14. The summed E-state index contributed by atoms with van der Waals surface area (Å²) in [6.07, 6.45) is -0.344. The van der Waals surface area contributed by atoms with Gasteiger partial charge in [0.1, 0.15) is 17.5 Å². The highest BCUT2D eigenvalue weighted by Gasteiger charge is 2.20. The van der Waals surface area contributed by atoms with E-state index < -0.39 is 29.6 Å². The Bertz CT molecular complexity index is 1150. The van der Waals surface area contributed by atoms with Crippen LogP contribution in [0.4, 0.5) is 20.3 Å². The van der Waals surface area contributed by atoms with Crippen molar-refractivity contribution in [1.29, 1.82) is 0 Å². The molecule has 10 heteroatoms. The number of carbonyl (C=O) groups excluding carboxylic acids is 2. The maximum Gasteiger partial charge on any atom is 0.257 e. The Morgan fingerprint density at radius 3 is 2.42 bits per heavy atom. The summed E-state index contributed by atoms with van der Waals surface area (Å²) in [6, 6.07) is 8.39. The minimum absolute atomic E-state index is 0.0610. The topological polar surface area (TPSA) is 117 Å². The quantitative estimate of drug-likeness (QED) is 0.479. The summed E-state index contributed by atoms with van der Waals surface area (Å²) < 4.78 is 26.6. The van der Waals surface area contributed by atoms with Gasteiger partial charge in [0.2, 0.25) is 0 Å². The van der Waals surface area contributed by atoms with Crippen LogP contribution >= 0.6 is 11.6 Å². The monoisotopic (exact) mass is 446 g/mol. The first-order valence-corrected chi connectivity index (χ1v) is 9.30. The maximum atomic E-state index is 13.3. The second-order valence-electron chi connectivity index (χ2n) is 6.53. The number of hydrogen-bond donors (Lipinski definition) is 4. The van der Waals surface area contributed by atoms with Gasteiger partial charge in [-0.2, -0.15) is 0 Å². The summed E-state index contributed by atoms with van der Waals surface area (Å²) in [7, 11) is 1.46. The van der Waals surface area contributed by atoms with E-state index in [1.165, 1.54) is 31.4 Å². The van der Waals surface area contributed by atoms with Gasteiger partial charge in [0.15, 0.2) is 6.10 Å². The Morgan fingerprint density at radius 1 is 1.13 bits per heavy atom. The normalized spacial score (nSPS) is 11.6. The molecule has 0 aliphatic heterocycles. The highest BCUT2D eigenvalue weighted by Crippen LogP contribution is 2.31. The molecule has 0 aliphatic rings. The van der Waals surface area contributed by atoms with Crippen molar-refractivity contribution in [3.63, 3.8) is 0 Å². The van der Waals surface area contributed by atoms with Crippen molar-refractivity contribution < 1.29 is 23.5 Å². The number of amides is 2. The average molecular weight is 447 g/mol. The molecule has 1 unspecified atom stereocenters. The fraction of sp³-hybridized carbons (Fsp3) is 0.0952. The molecular formula is C21H17ClF2N4O3. The first-order valence-electron chi connectivity index (χ1n) is 8.92. The summed E-state index contributed by atoms with van der Waals surface area (Å²) in [4.78, 5) is 28.2. The Hall–Kier alpha value is -3.56. The lowest BCUT2D eigenvalue weighted by Crippen LogP contribution is -2.21. The van der Waals surface area contributed by atoms with Crippen molar-refractivity contribution in [3.8, 4) is 11.1 Å². The maximum absolute atomic E-state index is 13.3. The number of benzene rings is 2. The first-order chi connectivity index (χ1) is 14.7. The fourth-order valence-corrected chi connectivity index (χ4v) is 3.15. The van der Waals surface area contributed by atoms with Crippen molar-refractivity contribution >= 4 is 34.9 Å². The molecule has 1 aromatic heterocycles. The van der Waals surface area contributed by atoms with Gasteiger partial charge in [-0.15, -0.1) is 0 Å². The second-order valence-corrected chi connectivity index (χ2v) is 6.93. The molecule has 160 valence electrons. The van der Waals surface area contributed by atoms with Gasteiger partial charge in [-0.05, 0) is 35.9 Å². The van der Waals surface area contributed by atoms with Crippen LogP contribution in [0.3, 0.4) is 0 Å². The van der Waals surface area contributed by atoms with Crippen LogP contribution in [0, 0.1) is 11.6 Å². The van der Waals surface area contributed by atoms with Crippen molar-refractivity contribution in [2.45, 2.75) is 6.10 Å². The molecule has 3 rings (SSSR count). The number of halogens is 3. The number of aliphatic hydroxyl groups excluding tert-OH is 1. The second kappa shape index (κ2) is 9.07. The SMILES string of the molecule is CNC(=O)c1cc(-c2ccc(NC(=O)C(O)c3cc(F)cc(F)c3)cc2Cl)cnc1N. The van der Waals surface area contributed by atoms with Gasteiger partial charge >= 0.3 is 0 Å². The van der Waals surface area contributed by atoms with E-state index in [1.807, 2.05) is 0 Å². The lowest BCUT2D eigenvalue weighted by atomic mass is 10.0. The third-order valence-electron chi connectivity index (χ3n) is 4.39. The van der Waals surface area contributed by atoms with Crippen molar-refractivity contribution in [3.05, 3.63) is 76.4 Å². The Morgan fingerprint density at radius 2 is 1.81 bits per heavy atom. The smallest absolute Gasteiger partial charge is 0.257 e. The number of rotatable bonds is 5. The number of aromatic nitrogens is 1. The highest BCUT2D eigenvalue weighted by atomic mass is 35.5. The molecule has 7 nitrogen and oxygen atoms in total. The van der Waals surface area contributed by atoms with Gasteiger partial charge < -0.3 is 21.5 Å². The van der Waals surface area contributed by atoms with Crippen LogP contribution in [-0.2, 0) is 4.79 Å². The van der Waals surface area contributed by atoms with Crippen LogP contribution in [0.5, 0.6) is 0 Å². The zero-order valence-electron chi connectivity index (χ0n) is 16.1. The first kappa shape index (κ1) is 22.1. The number of aliphatic hydroxyl groups is 1. The number of carbonyl (C=O) groups is 2. The Balaban J connectivity index is 1.82. The van der Waals surface area contributed by atoms with E-state index in [0.29, 0.717) is 17.2 Å². The third kappa shape index (κ3) is 4.96. The molecule has 2 aromatic carbocycles. The number of pyridine rings is 1. The zero-order chi connectivity index (χ0) is 22.7. The minimum Gasteiger partial charge on any atom is -0.383 e. The van der Waals surface area contributed by atoms with Gasteiger partial charge in [0, 0.05) is 36.1 Å². The molecule has 0 fully saturated rings. The molecule has 0 saturated carbocycles. The van der Waals surface area contributed by atoms with E-state index in [2.05, 4.69) is 15.6 Å². The molecule has 5 N–H and O–H groups in total. The summed E-state index contributed by atoms with van der Waals surface area (Å²) >= 11 is 6.32. The van der Waals surface area contributed by atoms with E-state index in [4.69, 9.17) is 17.3 Å². The molecule has 0 bridgehead atoms. The van der Waals surface area contributed by atoms with E-state index >= 15 is 0 Å². The summed E-state index contributed by atoms with van der Waals surface area (Å²) in [6.45, 7) is 0. The van der Waals surface area contributed by atoms with Crippen molar-refractivity contribution in [1.82, 2.24) is 10.3 Å². The predicted molar refractivity (Wildman–Crippen MR) is 112 cm³/mol. The molecule has 2 amide bonds.